The highest BCUT2D eigenvalue weighted by Crippen LogP contribution is 2.15. The molecule has 0 aliphatic rings. The van der Waals surface area contributed by atoms with Crippen LogP contribution >= 0.6 is 0 Å². The molecule has 0 bridgehead atoms. The van der Waals surface area contributed by atoms with E-state index < -0.39 is 16.2 Å². The second-order valence-corrected chi connectivity index (χ2v) is 11.2. The molecule has 0 aromatic heterocycles. The topological polar surface area (TPSA) is 72.8 Å². The largest absolute Gasteiger partial charge is 0.388 e. The fourth-order valence-corrected chi connectivity index (χ4v) is 4.90. The molecule has 0 saturated heterocycles. The van der Waals surface area contributed by atoms with Gasteiger partial charge in [-0.05, 0) is 25.5 Å². The molecule has 1 aromatic rings. The number of ether oxygens (including phenoxy) is 1. The van der Waals surface area contributed by atoms with Gasteiger partial charge in [-0.25, -0.2) is 0 Å². The first-order valence-corrected chi connectivity index (χ1v) is 15.1. The third-order valence-corrected chi connectivity index (χ3v) is 7.47. The van der Waals surface area contributed by atoms with Crippen LogP contribution in [-0.4, -0.2) is 39.4 Å². The molecule has 6 heteroatoms. The van der Waals surface area contributed by atoms with Crippen molar-refractivity contribution in [2.45, 2.75) is 128 Å². The first-order valence-electron chi connectivity index (χ1n) is 13.7. The summed E-state index contributed by atoms with van der Waals surface area (Å²) < 4.78 is 34.7. The molecule has 0 spiro atoms. The first-order chi connectivity index (χ1) is 16.5. The molecule has 0 saturated carbocycles. The third kappa shape index (κ3) is 16.6. The lowest BCUT2D eigenvalue weighted by Crippen LogP contribution is -2.24. The second-order valence-electron chi connectivity index (χ2n) is 9.58. The van der Waals surface area contributed by atoms with E-state index in [4.69, 9.17) is 8.92 Å². The Hall–Kier alpha value is -0.950. The molecule has 1 aromatic carbocycles. The van der Waals surface area contributed by atoms with Gasteiger partial charge in [0, 0.05) is 6.61 Å². The number of aliphatic hydroxyl groups excluding tert-OH is 1. The highest BCUT2D eigenvalue weighted by molar-refractivity contribution is 7.86. The molecule has 5 nitrogen and oxygen atoms in total. The van der Waals surface area contributed by atoms with Crippen LogP contribution in [0.15, 0.2) is 29.2 Å². The maximum absolute atomic E-state index is 12.1. The molecule has 0 heterocycles. The minimum Gasteiger partial charge on any atom is -0.388 e. The molecule has 198 valence electrons. The number of aliphatic hydroxyl groups is 1. The fraction of sp³-hybridized carbons (Fsp3) is 0.786. The van der Waals surface area contributed by atoms with Gasteiger partial charge in [0.2, 0.25) is 0 Å². The molecule has 0 aliphatic heterocycles. The van der Waals surface area contributed by atoms with Gasteiger partial charge in [0.15, 0.2) is 0 Å². The Morgan fingerprint density at radius 3 is 1.62 bits per heavy atom. The molecule has 0 radical (unpaired) electrons. The molecule has 0 unspecified atom stereocenters. The molecule has 1 atom stereocenters. The lowest BCUT2D eigenvalue weighted by atomic mass is 10.0. The van der Waals surface area contributed by atoms with Gasteiger partial charge in [0.25, 0.3) is 10.1 Å². The standard InChI is InChI=1S/C28H50O5S/c1-3-4-5-6-7-8-9-10-11-12-13-14-15-16-17-18-23-32-24-27(29)25-33-34(30,31)28-21-19-26(2)20-22-28/h19-22,27,29H,3-18,23-25H2,1-2H3/t27-/m1/s1. The summed E-state index contributed by atoms with van der Waals surface area (Å²) in [6.07, 6.45) is 20.3. The Kier molecular flexibility index (Phi) is 18.5. The van der Waals surface area contributed by atoms with Crippen LogP contribution in [0.4, 0.5) is 0 Å². The zero-order valence-electron chi connectivity index (χ0n) is 21.8. The van der Waals surface area contributed by atoms with Gasteiger partial charge in [0.05, 0.1) is 18.1 Å². The molecule has 1 rings (SSSR count). The second kappa shape index (κ2) is 20.3. The van der Waals surface area contributed by atoms with Crippen molar-refractivity contribution >= 4 is 10.1 Å². The van der Waals surface area contributed by atoms with Crippen LogP contribution < -0.4 is 0 Å². The highest BCUT2D eigenvalue weighted by atomic mass is 32.2. The predicted octanol–water partition coefficient (Wildman–Crippen LogP) is 7.34. The maximum Gasteiger partial charge on any atom is 0.297 e. The summed E-state index contributed by atoms with van der Waals surface area (Å²) in [4.78, 5) is 0.0967. The fourth-order valence-electron chi connectivity index (χ4n) is 3.96. The summed E-state index contributed by atoms with van der Waals surface area (Å²) in [5.41, 5.74) is 0.974. The van der Waals surface area contributed by atoms with E-state index in [2.05, 4.69) is 6.92 Å². The Morgan fingerprint density at radius 2 is 1.15 bits per heavy atom. The molecule has 0 amide bonds. The zero-order valence-corrected chi connectivity index (χ0v) is 22.6. The first kappa shape index (κ1) is 31.1. The van der Waals surface area contributed by atoms with E-state index in [-0.39, 0.29) is 18.1 Å². The summed E-state index contributed by atoms with van der Waals surface area (Å²) in [6.45, 7) is 4.53. The van der Waals surface area contributed by atoms with Crippen LogP contribution in [0.25, 0.3) is 0 Å². The van der Waals surface area contributed by atoms with Crippen molar-refractivity contribution in [1.29, 1.82) is 0 Å². The zero-order chi connectivity index (χ0) is 24.9. The van der Waals surface area contributed by atoms with Crippen LogP contribution in [0.2, 0.25) is 0 Å². The molecular weight excluding hydrogens is 448 g/mol. The smallest absolute Gasteiger partial charge is 0.297 e. The average molecular weight is 499 g/mol. The van der Waals surface area contributed by atoms with E-state index in [0.717, 1.165) is 18.4 Å². The lowest BCUT2D eigenvalue weighted by Gasteiger charge is -2.12. The minimum atomic E-state index is -3.85. The van der Waals surface area contributed by atoms with Crippen LogP contribution in [0.5, 0.6) is 0 Å². The molecule has 1 N–H and O–H groups in total. The molecular formula is C28H50O5S. The number of aryl methyl sites for hydroxylation is 1. The summed E-state index contributed by atoms with van der Waals surface area (Å²) in [7, 11) is -3.85. The van der Waals surface area contributed by atoms with Crippen LogP contribution in [-0.2, 0) is 19.0 Å². The molecule has 0 fully saturated rings. The Bertz CT molecular complexity index is 687. The van der Waals surface area contributed by atoms with Crippen molar-refractivity contribution in [3.05, 3.63) is 29.8 Å². The quantitative estimate of drug-likeness (QED) is 0.126. The molecule has 34 heavy (non-hydrogen) atoms. The third-order valence-electron chi connectivity index (χ3n) is 6.18. The van der Waals surface area contributed by atoms with E-state index in [9.17, 15) is 13.5 Å². The average Bonchev–Trinajstić information content (AvgIpc) is 2.82. The molecule has 0 aliphatic carbocycles. The lowest BCUT2D eigenvalue weighted by molar-refractivity contribution is 0.0122. The number of rotatable bonds is 23. The van der Waals surface area contributed by atoms with Gasteiger partial charge >= 0.3 is 0 Å². The number of hydrogen-bond acceptors (Lipinski definition) is 5. The minimum absolute atomic E-state index is 0.0855. The monoisotopic (exact) mass is 498 g/mol. The van der Waals surface area contributed by atoms with Gasteiger partial charge in [-0.15, -0.1) is 0 Å². The van der Waals surface area contributed by atoms with Gasteiger partial charge in [-0.2, -0.15) is 8.42 Å². The summed E-state index contributed by atoms with van der Waals surface area (Å²) in [5.74, 6) is 0. The van der Waals surface area contributed by atoms with Crippen molar-refractivity contribution < 1.29 is 22.4 Å². The van der Waals surface area contributed by atoms with Crippen molar-refractivity contribution in [3.8, 4) is 0 Å². The highest BCUT2D eigenvalue weighted by Gasteiger charge is 2.17. The van der Waals surface area contributed by atoms with Gasteiger partial charge in [-0.1, -0.05) is 121 Å². The SMILES string of the molecule is CCCCCCCCCCCCCCCCCCOC[C@@H](O)COS(=O)(=O)c1ccc(C)cc1. The van der Waals surface area contributed by atoms with Gasteiger partial charge < -0.3 is 9.84 Å². The Balaban J connectivity index is 1.86. The Morgan fingerprint density at radius 1 is 0.706 bits per heavy atom. The van der Waals surface area contributed by atoms with Crippen molar-refractivity contribution in [3.63, 3.8) is 0 Å². The predicted molar refractivity (Wildman–Crippen MR) is 141 cm³/mol. The van der Waals surface area contributed by atoms with Crippen LogP contribution in [0, 0.1) is 6.92 Å². The van der Waals surface area contributed by atoms with Crippen molar-refractivity contribution in [1.82, 2.24) is 0 Å². The van der Waals surface area contributed by atoms with E-state index >= 15 is 0 Å². The maximum atomic E-state index is 12.1. The van der Waals surface area contributed by atoms with Gasteiger partial charge in [0.1, 0.15) is 6.10 Å². The Labute approximate surface area is 209 Å². The van der Waals surface area contributed by atoms with Crippen LogP contribution in [0.1, 0.15) is 115 Å². The number of benzene rings is 1. The normalized spacial score (nSPS) is 12.8. The number of hydrogen-bond donors (Lipinski definition) is 1. The van der Waals surface area contributed by atoms with E-state index in [1.54, 1.807) is 12.1 Å². The van der Waals surface area contributed by atoms with Crippen molar-refractivity contribution in [2.24, 2.45) is 0 Å². The van der Waals surface area contributed by atoms with Gasteiger partial charge in [-0.3, -0.25) is 4.18 Å². The summed E-state index contributed by atoms with van der Waals surface area (Å²) in [5, 5.41) is 9.92. The summed E-state index contributed by atoms with van der Waals surface area (Å²) in [6, 6.07) is 6.44. The van der Waals surface area contributed by atoms with Crippen LogP contribution in [0.3, 0.4) is 0 Å². The van der Waals surface area contributed by atoms with Crippen molar-refractivity contribution in [2.75, 3.05) is 19.8 Å². The van der Waals surface area contributed by atoms with E-state index in [1.165, 1.54) is 102 Å². The number of unbranched alkanes of at least 4 members (excludes halogenated alkanes) is 15. The van der Waals surface area contributed by atoms with E-state index in [0.29, 0.717) is 6.61 Å². The van der Waals surface area contributed by atoms with E-state index in [1.807, 2.05) is 6.92 Å². The summed E-state index contributed by atoms with van der Waals surface area (Å²) >= 11 is 0.